The van der Waals surface area contributed by atoms with Gasteiger partial charge in [-0.05, 0) is 12.5 Å². The van der Waals surface area contributed by atoms with Crippen LogP contribution in [0.15, 0.2) is 6.07 Å². The number of hydrogen-bond acceptors (Lipinski definition) is 3. The van der Waals surface area contributed by atoms with Gasteiger partial charge in [-0.3, -0.25) is 0 Å². The predicted molar refractivity (Wildman–Crippen MR) is 56.2 cm³/mol. The molecule has 1 aromatic rings. The SMILES string of the molecule is COc1c(CCS(=O)(=O)Cl)cc(F)c(F)c1F. The number of hydrogen-bond donors (Lipinski definition) is 0. The first-order valence-corrected chi connectivity index (χ1v) is 6.86. The molecule has 0 amide bonds. The third-order valence-corrected chi connectivity index (χ3v) is 3.17. The predicted octanol–water partition coefficient (Wildman–Crippen LogP) is 2.22. The van der Waals surface area contributed by atoms with Crippen LogP contribution >= 0.6 is 10.7 Å². The summed E-state index contributed by atoms with van der Waals surface area (Å²) in [4.78, 5) is 0. The number of ether oxygens (including phenoxy) is 1. The number of rotatable bonds is 4. The maximum Gasteiger partial charge on any atom is 0.232 e. The van der Waals surface area contributed by atoms with Gasteiger partial charge in [0.2, 0.25) is 14.9 Å². The van der Waals surface area contributed by atoms with Crippen molar-refractivity contribution in [2.75, 3.05) is 12.9 Å². The Morgan fingerprint density at radius 1 is 1.29 bits per heavy atom. The van der Waals surface area contributed by atoms with Crippen LogP contribution in [0.1, 0.15) is 5.56 Å². The van der Waals surface area contributed by atoms with Crippen LogP contribution < -0.4 is 4.74 Å². The smallest absolute Gasteiger partial charge is 0.232 e. The van der Waals surface area contributed by atoms with Crippen LogP contribution in [0.3, 0.4) is 0 Å². The van der Waals surface area contributed by atoms with Crippen molar-refractivity contribution >= 4 is 19.7 Å². The fraction of sp³-hybridized carbons (Fsp3) is 0.333. The zero-order chi connectivity index (χ0) is 13.2. The molecule has 17 heavy (non-hydrogen) atoms. The second-order valence-corrected chi connectivity index (χ2v) is 6.07. The molecule has 0 saturated heterocycles. The van der Waals surface area contributed by atoms with E-state index in [2.05, 4.69) is 4.74 Å². The second kappa shape index (κ2) is 5.14. The highest BCUT2D eigenvalue weighted by atomic mass is 35.7. The lowest BCUT2D eigenvalue weighted by atomic mass is 10.1. The Hall–Kier alpha value is -0.950. The lowest BCUT2D eigenvalue weighted by Gasteiger charge is -2.09. The van der Waals surface area contributed by atoms with Crippen LogP contribution in [-0.2, 0) is 15.5 Å². The van der Waals surface area contributed by atoms with E-state index in [1.165, 1.54) is 0 Å². The zero-order valence-corrected chi connectivity index (χ0v) is 10.2. The second-order valence-electron chi connectivity index (χ2n) is 3.17. The minimum absolute atomic E-state index is 0.104. The molecule has 96 valence electrons. The van der Waals surface area contributed by atoms with Crippen molar-refractivity contribution < 1.29 is 26.3 Å². The van der Waals surface area contributed by atoms with Crippen LogP contribution in [0.25, 0.3) is 0 Å². The van der Waals surface area contributed by atoms with Gasteiger partial charge in [-0.1, -0.05) is 0 Å². The zero-order valence-electron chi connectivity index (χ0n) is 8.64. The summed E-state index contributed by atoms with van der Waals surface area (Å²) in [5.41, 5.74) is -0.104. The van der Waals surface area contributed by atoms with Crippen LogP contribution in [0.4, 0.5) is 13.2 Å². The molecule has 0 spiro atoms. The van der Waals surface area contributed by atoms with Gasteiger partial charge in [0.25, 0.3) is 0 Å². The van der Waals surface area contributed by atoms with E-state index in [1.54, 1.807) is 0 Å². The molecule has 0 heterocycles. The average molecular weight is 289 g/mol. The van der Waals surface area contributed by atoms with Gasteiger partial charge < -0.3 is 4.74 Å². The van der Waals surface area contributed by atoms with Crippen molar-refractivity contribution in [2.24, 2.45) is 0 Å². The molecule has 0 bridgehead atoms. The molecule has 0 N–H and O–H groups in total. The molecule has 0 atom stereocenters. The highest BCUT2D eigenvalue weighted by Crippen LogP contribution is 2.27. The highest BCUT2D eigenvalue weighted by molar-refractivity contribution is 8.13. The highest BCUT2D eigenvalue weighted by Gasteiger charge is 2.20. The van der Waals surface area contributed by atoms with Crippen molar-refractivity contribution in [1.29, 1.82) is 0 Å². The van der Waals surface area contributed by atoms with Crippen molar-refractivity contribution in [2.45, 2.75) is 6.42 Å². The molecule has 8 heteroatoms. The molecular formula is C9H8ClF3O3S. The van der Waals surface area contributed by atoms with Gasteiger partial charge in [0, 0.05) is 16.2 Å². The molecule has 0 radical (unpaired) electrons. The van der Waals surface area contributed by atoms with E-state index in [4.69, 9.17) is 10.7 Å². The van der Waals surface area contributed by atoms with E-state index < -0.39 is 38.0 Å². The van der Waals surface area contributed by atoms with Gasteiger partial charge in [-0.2, -0.15) is 4.39 Å². The quantitative estimate of drug-likeness (QED) is 0.630. The summed E-state index contributed by atoms with van der Waals surface area (Å²) < 4.78 is 65.0. The molecular weight excluding hydrogens is 281 g/mol. The molecule has 0 unspecified atom stereocenters. The Balaban J connectivity index is 3.15. The lowest BCUT2D eigenvalue weighted by Crippen LogP contribution is -2.06. The summed E-state index contributed by atoms with van der Waals surface area (Å²) in [6, 6.07) is 0.680. The summed E-state index contributed by atoms with van der Waals surface area (Å²) in [7, 11) is 2.22. The summed E-state index contributed by atoms with van der Waals surface area (Å²) in [5.74, 6) is -5.63. The average Bonchev–Trinajstić information content (AvgIpc) is 2.22. The third-order valence-electron chi connectivity index (χ3n) is 2.01. The van der Waals surface area contributed by atoms with Crippen LogP contribution in [0.2, 0.25) is 0 Å². The van der Waals surface area contributed by atoms with Gasteiger partial charge in [0.15, 0.2) is 17.4 Å². The van der Waals surface area contributed by atoms with Gasteiger partial charge in [0.1, 0.15) is 0 Å². The number of aryl methyl sites for hydroxylation is 1. The first-order valence-electron chi connectivity index (χ1n) is 4.39. The molecule has 0 aliphatic heterocycles. The Bertz CT molecular complexity index is 531. The van der Waals surface area contributed by atoms with Crippen molar-refractivity contribution in [1.82, 2.24) is 0 Å². The molecule has 1 rings (SSSR count). The number of methoxy groups -OCH3 is 1. The monoisotopic (exact) mass is 288 g/mol. The minimum Gasteiger partial charge on any atom is -0.493 e. The van der Waals surface area contributed by atoms with Gasteiger partial charge in [-0.25, -0.2) is 17.2 Å². The molecule has 0 aromatic heterocycles. The van der Waals surface area contributed by atoms with Gasteiger partial charge in [0.05, 0.1) is 12.9 Å². The molecule has 0 saturated carbocycles. The maximum atomic E-state index is 13.2. The molecule has 0 aliphatic rings. The van der Waals surface area contributed by atoms with Crippen molar-refractivity contribution in [3.63, 3.8) is 0 Å². The fourth-order valence-corrected chi connectivity index (χ4v) is 1.96. The van der Waals surface area contributed by atoms with Crippen LogP contribution in [0.5, 0.6) is 5.75 Å². The normalized spacial score (nSPS) is 11.6. The van der Waals surface area contributed by atoms with E-state index in [9.17, 15) is 21.6 Å². The summed E-state index contributed by atoms with van der Waals surface area (Å²) in [5, 5.41) is 0. The number of halogens is 4. The standard InChI is InChI=1S/C9H8ClF3O3S/c1-16-9-5(2-3-17(10,14)15)4-6(11)7(12)8(9)13/h4H,2-3H2,1H3. The van der Waals surface area contributed by atoms with Gasteiger partial charge >= 0.3 is 0 Å². The maximum absolute atomic E-state index is 13.2. The van der Waals surface area contributed by atoms with E-state index in [0.29, 0.717) is 6.07 Å². The Morgan fingerprint density at radius 2 is 1.88 bits per heavy atom. The number of benzene rings is 1. The summed E-state index contributed by atoms with van der Waals surface area (Å²) in [6.45, 7) is 0. The molecule has 0 aliphatic carbocycles. The molecule has 1 aromatic carbocycles. The van der Waals surface area contributed by atoms with E-state index in [0.717, 1.165) is 7.11 Å². The van der Waals surface area contributed by atoms with Crippen molar-refractivity contribution in [3.8, 4) is 5.75 Å². The summed E-state index contributed by atoms with van der Waals surface area (Å²) >= 11 is 0. The fourth-order valence-electron chi connectivity index (χ4n) is 1.27. The van der Waals surface area contributed by atoms with E-state index in [1.807, 2.05) is 0 Å². The van der Waals surface area contributed by atoms with Gasteiger partial charge in [-0.15, -0.1) is 0 Å². The largest absolute Gasteiger partial charge is 0.493 e. The first-order chi connectivity index (χ1) is 7.76. The summed E-state index contributed by atoms with van der Waals surface area (Å²) in [6.07, 6.45) is -0.275. The third kappa shape index (κ3) is 3.50. The Kier molecular flexibility index (Phi) is 4.26. The molecule has 3 nitrogen and oxygen atoms in total. The first kappa shape index (κ1) is 14.1. The van der Waals surface area contributed by atoms with Crippen LogP contribution in [0, 0.1) is 17.5 Å². The topological polar surface area (TPSA) is 43.4 Å². The Labute approximate surface area is 101 Å². The minimum atomic E-state index is -3.81. The lowest BCUT2D eigenvalue weighted by molar-refractivity contribution is 0.356. The van der Waals surface area contributed by atoms with Crippen molar-refractivity contribution in [3.05, 3.63) is 29.1 Å². The van der Waals surface area contributed by atoms with E-state index in [-0.39, 0.29) is 12.0 Å². The van der Waals surface area contributed by atoms with Crippen LogP contribution in [-0.4, -0.2) is 21.3 Å². The molecule has 0 fully saturated rings. The van der Waals surface area contributed by atoms with E-state index >= 15 is 0 Å². The Morgan fingerprint density at radius 3 is 2.35 bits per heavy atom.